The van der Waals surface area contributed by atoms with E-state index in [0.29, 0.717) is 5.69 Å². The molecule has 3 heterocycles. The highest BCUT2D eigenvalue weighted by atomic mass is 35.5. The molecular formula is C17H22ClN5. The molecule has 0 aliphatic heterocycles. The van der Waals surface area contributed by atoms with E-state index in [1.165, 1.54) is 11.3 Å². The number of nitrogens with zero attached hydrogens (tertiary/aromatic N) is 3. The van der Waals surface area contributed by atoms with Crippen molar-refractivity contribution in [2.75, 3.05) is 17.6 Å². The van der Waals surface area contributed by atoms with Crippen LogP contribution in [0, 0.1) is 13.8 Å². The second kappa shape index (κ2) is 6.87. The van der Waals surface area contributed by atoms with Crippen LogP contribution in [-0.2, 0) is 13.5 Å². The van der Waals surface area contributed by atoms with Crippen LogP contribution in [-0.4, -0.2) is 16.2 Å². The second-order valence-corrected chi connectivity index (χ2v) is 5.64. The molecule has 3 aromatic heterocycles. The molecule has 3 N–H and O–H groups in total. The maximum absolute atomic E-state index is 6.22. The van der Waals surface area contributed by atoms with E-state index in [9.17, 15) is 0 Å². The van der Waals surface area contributed by atoms with Crippen molar-refractivity contribution in [1.82, 2.24) is 9.61 Å². The summed E-state index contributed by atoms with van der Waals surface area (Å²) in [4.78, 5) is 0. The van der Waals surface area contributed by atoms with Gasteiger partial charge < -0.3 is 23.5 Å². The summed E-state index contributed by atoms with van der Waals surface area (Å²) >= 11 is 0. The van der Waals surface area contributed by atoms with E-state index in [4.69, 9.17) is 5.73 Å². The summed E-state index contributed by atoms with van der Waals surface area (Å²) in [6.07, 6.45) is 2.98. The van der Waals surface area contributed by atoms with Crippen LogP contribution in [0.4, 0.5) is 11.5 Å². The summed E-state index contributed by atoms with van der Waals surface area (Å²) in [6.45, 7) is 4.93. The Bertz CT molecular complexity index is 825. The summed E-state index contributed by atoms with van der Waals surface area (Å²) in [5, 5.41) is 7.95. The van der Waals surface area contributed by atoms with Gasteiger partial charge in [-0.3, -0.25) is 0 Å². The number of rotatable bonds is 4. The topological polar surface area (TPSA) is 59.2 Å². The van der Waals surface area contributed by atoms with Gasteiger partial charge in [0.2, 0.25) is 0 Å². The Morgan fingerprint density at radius 2 is 2.00 bits per heavy atom. The predicted molar refractivity (Wildman–Crippen MR) is 88.9 cm³/mol. The lowest BCUT2D eigenvalue weighted by molar-refractivity contribution is -0.679. The Balaban J connectivity index is 0.00000192. The van der Waals surface area contributed by atoms with Gasteiger partial charge in [0.05, 0.1) is 5.52 Å². The summed E-state index contributed by atoms with van der Waals surface area (Å²) < 4.78 is 4.04. The molecule has 0 spiro atoms. The average molecular weight is 332 g/mol. The fourth-order valence-electron chi connectivity index (χ4n) is 2.61. The molecule has 0 bridgehead atoms. The molecule has 0 aliphatic carbocycles. The first-order chi connectivity index (χ1) is 10.6. The number of fused-ring (bicyclic) bond motifs is 1. The fraction of sp³-hybridized carbons (Fsp3) is 0.294. The molecule has 3 rings (SSSR count). The Hall–Kier alpha value is -2.27. The third-order valence-electron chi connectivity index (χ3n) is 4.17. The minimum Gasteiger partial charge on any atom is -1.00 e. The highest BCUT2D eigenvalue weighted by Gasteiger charge is 2.12. The van der Waals surface area contributed by atoms with Crippen LogP contribution in [0.2, 0.25) is 0 Å². The molecule has 0 saturated heterocycles. The minimum absolute atomic E-state index is 0. The molecule has 0 saturated carbocycles. The molecule has 5 nitrogen and oxygen atoms in total. The average Bonchev–Trinajstić information content (AvgIpc) is 2.83. The third kappa shape index (κ3) is 3.24. The monoisotopic (exact) mass is 331 g/mol. The van der Waals surface area contributed by atoms with Crippen molar-refractivity contribution >= 4 is 17.0 Å². The largest absolute Gasteiger partial charge is 1.00 e. The predicted octanol–water partition coefficient (Wildman–Crippen LogP) is -0.984. The Morgan fingerprint density at radius 3 is 2.74 bits per heavy atom. The van der Waals surface area contributed by atoms with Crippen molar-refractivity contribution in [3.8, 4) is 0 Å². The normalized spacial score (nSPS) is 10.6. The maximum atomic E-state index is 6.22. The Labute approximate surface area is 142 Å². The van der Waals surface area contributed by atoms with Gasteiger partial charge in [0, 0.05) is 30.8 Å². The van der Waals surface area contributed by atoms with Gasteiger partial charge in [0.1, 0.15) is 12.7 Å². The first-order valence-electron chi connectivity index (χ1n) is 7.49. The molecule has 0 aromatic carbocycles. The number of nitrogens with one attached hydrogen (secondary N) is 1. The highest BCUT2D eigenvalue weighted by molar-refractivity contribution is 5.81. The van der Waals surface area contributed by atoms with Crippen molar-refractivity contribution in [2.45, 2.75) is 20.3 Å². The molecule has 23 heavy (non-hydrogen) atoms. The van der Waals surface area contributed by atoms with Crippen molar-refractivity contribution in [1.29, 1.82) is 0 Å². The van der Waals surface area contributed by atoms with Crippen molar-refractivity contribution in [3.63, 3.8) is 0 Å². The van der Waals surface area contributed by atoms with Crippen LogP contribution < -0.4 is 28.0 Å². The van der Waals surface area contributed by atoms with E-state index < -0.39 is 0 Å². The van der Waals surface area contributed by atoms with Crippen LogP contribution in [0.3, 0.4) is 0 Å². The van der Waals surface area contributed by atoms with E-state index in [1.54, 1.807) is 0 Å². The van der Waals surface area contributed by atoms with E-state index >= 15 is 0 Å². The number of hydrogen-bond acceptors (Lipinski definition) is 3. The quantitative estimate of drug-likeness (QED) is 0.604. The van der Waals surface area contributed by atoms with Crippen LogP contribution in [0.15, 0.2) is 36.5 Å². The molecule has 0 unspecified atom stereocenters. The number of pyridine rings is 2. The number of nitrogen functional groups attached to an aromatic ring is 1. The second-order valence-electron chi connectivity index (χ2n) is 5.64. The summed E-state index contributed by atoms with van der Waals surface area (Å²) in [6, 6.07) is 10.3. The van der Waals surface area contributed by atoms with Crippen LogP contribution in [0.25, 0.3) is 5.52 Å². The Morgan fingerprint density at radius 1 is 1.22 bits per heavy atom. The summed E-state index contributed by atoms with van der Waals surface area (Å²) in [5.41, 5.74) is 11.5. The van der Waals surface area contributed by atoms with Crippen molar-refractivity contribution < 1.29 is 17.0 Å². The van der Waals surface area contributed by atoms with Gasteiger partial charge in [-0.1, -0.05) is 12.1 Å². The molecule has 3 aromatic rings. The SMILES string of the molecule is Cc1ccc2c(N)c(NCCc3cccc[n+]3C)nn2c1C.[Cl-]. The molecule has 0 fully saturated rings. The molecule has 6 heteroatoms. The van der Waals surface area contributed by atoms with Gasteiger partial charge >= 0.3 is 0 Å². The van der Waals surface area contributed by atoms with E-state index in [1.807, 2.05) is 16.6 Å². The van der Waals surface area contributed by atoms with Crippen molar-refractivity contribution in [2.24, 2.45) is 7.05 Å². The van der Waals surface area contributed by atoms with Gasteiger partial charge in [-0.25, -0.2) is 9.08 Å². The number of aryl methyl sites for hydroxylation is 3. The minimum atomic E-state index is 0. The standard InChI is InChI=1S/C17H22N5.ClH/c1-12-7-8-15-16(18)17(20-22(15)13(12)2)19-10-9-14-6-4-5-11-21(14)3;/h4-8,11H,9-10,18H2,1-3H3,(H,19,20);1H/q+1;/p-1. The number of nitrogens with two attached hydrogens (primary N) is 1. The maximum Gasteiger partial charge on any atom is 0.182 e. The number of anilines is 2. The van der Waals surface area contributed by atoms with Crippen LogP contribution >= 0.6 is 0 Å². The van der Waals surface area contributed by atoms with Crippen molar-refractivity contribution in [3.05, 3.63) is 53.5 Å². The lowest BCUT2D eigenvalue weighted by Crippen LogP contribution is -3.00. The van der Waals surface area contributed by atoms with E-state index in [0.717, 1.165) is 30.0 Å². The summed E-state index contributed by atoms with van der Waals surface area (Å²) in [7, 11) is 2.06. The smallest absolute Gasteiger partial charge is 0.182 e. The zero-order chi connectivity index (χ0) is 15.7. The van der Waals surface area contributed by atoms with Gasteiger partial charge in [-0.15, -0.1) is 5.10 Å². The zero-order valence-electron chi connectivity index (χ0n) is 13.7. The number of halogens is 1. The van der Waals surface area contributed by atoms with E-state index in [-0.39, 0.29) is 12.4 Å². The highest BCUT2D eigenvalue weighted by Crippen LogP contribution is 2.25. The fourth-order valence-corrected chi connectivity index (χ4v) is 2.61. The molecule has 122 valence electrons. The molecular weight excluding hydrogens is 310 g/mol. The Kier molecular flexibility index (Phi) is 5.11. The van der Waals surface area contributed by atoms with Crippen LogP contribution in [0.1, 0.15) is 17.0 Å². The third-order valence-corrected chi connectivity index (χ3v) is 4.17. The number of hydrogen-bond donors (Lipinski definition) is 2. The van der Waals surface area contributed by atoms with E-state index in [2.05, 4.69) is 60.3 Å². The first kappa shape index (κ1) is 17.1. The zero-order valence-corrected chi connectivity index (χ0v) is 14.4. The lowest BCUT2D eigenvalue weighted by Gasteiger charge is -2.03. The van der Waals surface area contributed by atoms with Gasteiger partial charge in [-0.2, -0.15) is 0 Å². The van der Waals surface area contributed by atoms with Gasteiger partial charge in [-0.05, 0) is 25.5 Å². The first-order valence-corrected chi connectivity index (χ1v) is 7.49. The number of aromatic nitrogens is 3. The molecule has 0 atom stereocenters. The molecule has 0 radical (unpaired) electrons. The lowest BCUT2D eigenvalue weighted by atomic mass is 10.2. The molecule has 0 amide bonds. The van der Waals surface area contributed by atoms with Gasteiger partial charge in [0.15, 0.2) is 17.7 Å². The van der Waals surface area contributed by atoms with Crippen LogP contribution in [0.5, 0.6) is 0 Å². The molecule has 0 aliphatic rings. The summed E-state index contributed by atoms with van der Waals surface area (Å²) in [5.74, 6) is 0.757. The van der Waals surface area contributed by atoms with Gasteiger partial charge in [0.25, 0.3) is 0 Å².